The van der Waals surface area contributed by atoms with Gasteiger partial charge in [0.1, 0.15) is 18.0 Å². The Hall–Kier alpha value is -3.11. The van der Waals surface area contributed by atoms with Crippen LogP contribution in [0.5, 0.6) is 17.2 Å². The zero-order chi connectivity index (χ0) is 32.2. The number of benzene rings is 3. The minimum atomic E-state index is -1.10. The second-order valence-corrected chi connectivity index (χ2v) is 15.9. The maximum atomic E-state index is 14.0. The topological polar surface area (TPSA) is 119 Å². The molecule has 0 amide bonds. The van der Waals surface area contributed by atoms with Crippen LogP contribution in [-0.2, 0) is 4.74 Å². The number of hydrogen-bond acceptors (Lipinski definition) is 8. The molecule has 0 unspecified atom stereocenters. The van der Waals surface area contributed by atoms with Crippen molar-refractivity contribution in [2.45, 2.75) is 84.2 Å². The normalized spacial score (nSPS) is 34.0. The van der Waals surface area contributed by atoms with E-state index in [1.807, 2.05) is 12.1 Å². The van der Waals surface area contributed by atoms with E-state index in [9.17, 15) is 20.3 Å². The quantitative estimate of drug-likeness (QED) is 0.146. The SMILES string of the molecule is COc1cccc2c1cc([NH+](O)O)c1c(C(=O)OC[C@@]3(O)C[C@@]45CC[C@@H]6C(C)(C)CCC[C@@]6(C)[C@@H]4CC[C@@H]3C5)cc3c(c12)OCO3. The van der Waals surface area contributed by atoms with Crippen molar-refractivity contribution in [3.05, 3.63) is 35.9 Å². The maximum Gasteiger partial charge on any atom is 0.339 e. The van der Waals surface area contributed by atoms with Gasteiger partial charge in [-0.25, -0.2) is 4.79 Å². The minimum absolute atomic E-state index is 0.0327. The lowest BCUT2D eigenvalue weighted by Gasteiger charge is -2.64. The van der Waals surface area contributed by atoms with Crippen LogP contribution in [0.3, 0.4) is 0 Å². The van der Waals surface area contributed by atoms with Crippen molar-refractivity contribution in [3.63, 3.8) is 0 Å². The first-order valence-corrected chi connectivity index (χ1v) is 16.9. The van der Waals surface area contributed by atoms with Crippen molar-refractivity contribution in [1.82, 2.24) is 0 Å². The zero-order valence-electron chi connectivity index (χ0n) is 27.3. The molecule has 246 valence electrons. The van der Waals surface area contributed by atoms with Crippen LogP contribution < -0.4 is 19.4 Å². The first-order valence-electron chi connectivity index (χ1n) is 16.9. The van der Waals surface area contributed by atoms with Gasteiger partial charge in [-0.1, -0.05) is 39.3 Å². The zero-order valence-corrected chi connectivity index (χ0v) is 27.3. The number of hydrogen-bond donors (Lipinski definition) is 4. The van der Waals surface area contributed by atoms with Crippen molar-refractivity contribution in [2.75, 3.05) is 20.5 Å². The third kappa shape index (κ3) is 4.17. The molecule has 3 aromatic carbocycles. The van der Waals surface area contributed by atoms with E-state index in [1.54, 1.807) is 25.3 Å². The van der Waals surface area contributed by atoms with Gasteiger partial charge in [0.05, 0.1) is 18.1 Å². The summed E-state index contributed by atoms with van der Waals surface area (Å²) in [6.45, 7) is 7.33. The molecular formula is C37H46NO8+. The maximum absolute atomic E-state index is 14.0. The number of methoxy groups -OCH3 is 1. The van der Waals surface area contributed by atoms with Gasteiger partial charge in [-0.05, 0) is 108 Å². The van der Waals surface area contributed by atoms with Crippen LogP contribution in [0.2, 0.25) is 0 Å². The molecule has 1 heterocycles. The Bertz CT molecular complexity index is 1750. The highest BCUT2D eigenvalue weighted by molar-refractivity contribution is 6.22. The molecule has 4 saturated carbocycles. The molecule has 9 nitrogen and oxygen atoms in total. The summed E-state index contributed by atoms with van der Waals surface area (Å²) in [7, 11) is 1.55. The van der Waals surface area contributed by atoms with Gasteiger partial charge in [-0.3, -0.25) is 0 Å². The van der Waals surface area contributed by atoms with Gasteiger partial charge < -0.3 is 24.1 Å². The Kier molecular flexibility index (Phi) is 6.70. The van der Waals surface area contributed by atoms with Gasteiger partial charge in [-0.2, -0.15) is 10.4 Å². The molecule has 8 rings (SSSR count). The van der Waals surface area contributed by atoms with Crippen LogP contribution in [0.25, 0.3) is 21.5 Å². The molecule has 0 radical (unpaired) electrons. The molecule has 4 N–H and O–H groups in total. The van der Waals surface area contributed by atoms with E-state index >= 15 is 0 Å². The Morgan fingerprint density at radius 2 is 1.83 bits per heavy atom. The number of quaternary nitrogens is 1. The second kappa shape index (κ2) is 10.2. The molecule has 0 aromatic heterocycles. The highest BCUT2D eigenvalue weighted by Crippen LogP contribution is 2.73. The summed E-state index contributed by atoms with van der Waals surface area (Å²) in [5, 5.41) is 34.4. The number of rotatable bonds is 5. The van der Waals surface area contributed by atoms with E-state index in [4.69, 9.17) is 18.9 Å². The number of fused-ring (bicyclic) bond motifs is 8. The summed E-state index contributed by atoms with van der Waals surface area (Å²) in [6, 6.07) is 8.63. The summed E-state index contributed by atoms with van der Waals surface area (Å²) < 4.78 is 23.2. The minimum Gasteiger partial charge on any atom is -0.496 e. The molecule has 2 bridgehead atoms. The van der Waals surface area contributed by atoms with Crippen LogP contribution in [0.15, 0.2) is 30.3 Å². The number of esters is 1. The van der Waals surface area contributed by atoms with Crippen molar-refractivity contribution in [1.29, 1.82) is 0 Å². The number of carbonyl (C=O) groups excluding carboxylic acids is 1. The first-order chi connectivity index (χ1) is 21.9. The average molecular weight is 633 g/mol. The van der Waals surface area contributed by atoms with E-state index in [-0.39, 0.29) is 46.8 Å². The lowest BCUT2D eigenvalue weighted by Crippen LogP contribution is -3.02. The molecule has 46 heavy (non-hydrogen) atoms. The smallest absolute Gasteiger partial charge is 0.339 e. The Morgan fingerprint density at radius 3 is 2.61 bits per heavy atom. The molecule has 4 aliphatic carbocycles. The van der Waals surface area contributed by atoms with Gasteiger partial charge >= 0.3 is 5.97 Å². The monoisotopic (exact) mass is 632 g/mol. The summed E-state index contributed by atoms with van der Waals surface area (Å²) in [4.78, 5) is 14.0. The van der Waals surface area contributed by atoms with Crippen molar-refractivity contribution in [3.8, 4) is 17.2 Å². The third-order valence-corrected chi connectivity index (χ3v) is 13.3. The average Bonchev–Trinajstić information content (AvgIpc) is 3.57. The van der Waals surface area contributed by atoms with Gasteiger partial charge in [0.25, 0.3) is 0 Å². The summed E-state index contributed by atoms with van der Waals surface area (Å²) in [6.07, 6.45) is 9.89. The molecule has 9 heteroatoms. The van der Waals surface area contributed by atoms with Crippen LogP contribution in [-0.4, -0.2) is 47.6 Å². The van der Waals surface area contributed by atoms with Crippen LogP contribution in [0.1, 0.15) is 88.9 Å². The molecule has 1 spiro atoms. The predicted molar refractivity (Wildman–Crippen MR) is 170 cm³/mol. The predicted octanol–water partition coefficient (Wildman–Crippen LogP) is 6.35. The van der Waals surface area contributed by atoms with Crippen LogP contribution in [0, 0.1) is 34.0 Å². The van der Waals surface area contributed by atoms with Crippen LogP contribution in [0.4, 0.5) is 5.69 Å². The highest BCUT2D eigenvalue weighted by atomic mass is 16.8. The Labute approximate surface area is 269 Å². The van der Waals surface area contributed by atoms with E-state index < -0.39 is 16.8 Å². The molecule has 0 saturated heterocycles. The molecule has 3 aromatic rings. The molecule has 6 atom stereocenters. The molecular weight excluding hydrogens is 586 g/mol. The summed E-state index contributed by atoms with van der Waals surface area (Å²) >= 11 is 0. The van der Waals surface area contributed by atoms with Gasteiger partial charge in [0, 0.05) is 16.8 Å². The fraction of sp³-hybridized carbons (Fsp3) is 0.595. The van der Waals surface area contributed by atoms with Gasteiger partial charge in [0.2, 0.25) is 12.5 Å². The molecule has 1 aliphatic heterocycles. The standard InChI is InChI=1S/C37H45NO8/c1-34(2)12-6-13-35(3)28(34)11-14-36-17-21(9-10-29(35)36)37(40,18-36)19-44-33(39)24-16-27-32(46-20-45-27)31-22-7-5-8-26(43-4)23(22)15-25(30(24)31)38(41)42/h5,7-8,15-16,21,28-29,40-42H,6,9-14,17-20H2,1-4H3/p+1/t21-,28-,29+,35-,36+,37+/m1/s1. The van der Waals surface area contributed by atoms with Gasteiger partial charge in [-0.15, -0.1) is 0 Å². The van der Waals surface area contributed by atoms with Crippen molar-refractivity contribution < 1.29 is 44.5 Å². The van der Waals surface area contributed by atoms with Crippen LogP contribution >= 0.6 is 0 Å². The number of ether oxygens (including phenoxy) is 4. The lowest BCUT2D eigenvalue weighted by atomic mass is 9.41. The molecule has 4 fully saturated rings. The largest absolute Gasteiger partial charge is 0.496 e. The fourth-order valence-corrected chi connectivity index (χ4v) is 11.6. The highest BCUT2D eigenvalue weighted by Gasteiger charge is 2.67. The van der Waals surface area contributed by atoms with Crippen molar-refractivity contribution >= 4 is 33.2 Å². The lowest BCUT2D eigenvalue weighted by molar-refractivity contribution is -1.19. The van der Waals surface area contributed by atoms with Crippen molar-refractivity contribution in [2.24, 2.45) is 34.0 Å². The van der Waals surface area contributed by atoms with Gasteiger partial charge in [0.15, 0.2) is 11.5 Å². The summed E-state index contributed by atoms with van der Waals surface area (Å²) in [5.41, 5.74) is -0.218. The second-order valence-electron chi connectivity index (χ2n) is 15.9. The fourth-order valence-electron chi connectivity index (χ4n) is 11.6. The number of nitrogens with one attached hydrogen (secondary N) is 1. The van der Waals surface area contributed by atoms with E-state index in [0.29, 0.717) is 57.1 Å². The first kappa shape index (κ1) is 30.2. The molecule has 5 aliphatic rings. The summed E-state index contributed by atoms with van der Waals surface area (Å²) in [5.74, 6) is 2.04. The third-order valence-electron chi connectivity index (χ3n) is 13.3. The van der Waals surface area contributed by atoms with E-state index in [2.05, 4.69) is 20.8 Å². The Morgan fingerprint density at radius 1 is 1.00 bits per heavy atom. The number of carbonyl (C=O) groups is 1. The van der Waals surface area contributed by atoms with E-state index in [0.717, 1.165) is 25.7 Å². The Balaban J connectivity index is 1.14. The number of aliphatic hydroxyl groups is 1. The van der Waals surface area contributed by atoms with E-state index in [1.165, 1.54) is 25.7 Å².